The third-order valence-electron chi connectivity index (χ3n) is 3.58. The number of fused-ring (bicyclic) bond motifs is 1. The van der Waals surface area contributed by atoms with Crippen LogP contribution in [0.2, 0.25) is 0 Å². The van der Waals surface area contributed by atoms with Gasteiger partial charge in [0.05, 0.1) is 19.3 Å². The van der Waals surface area contributed by atoms with Crippen LogP contribution >= 0.6 is 0 Å². The Hall–Kier alpha value is -1.65. The smallest absolute Gasteiger partial charge is 0.136 e. The monoisotopic (exact) mass is 274 g/mol. The van der Waals surface area contributed by atoms with Gasteiger partial charge in [-0.1, -0.05) is 24.3 Å². The van der Waals surface area contributed by atoms with Gasteiger partial charge in [-0.25, -0.2) is 4.98 Å². The minimum atomic E-state index is 0.00748. The molecule has 1 heterocycles. The Morgan fingerprint density at radius 3 is 2.60 bits per heavy atom. The highest BCUT2D eigenvalue weighted by atomic mass is 16.5. The number of hydrogen-bond acceptors (Lipinski definition) is 4. The van der Waals surface area contributed by atoms with Gasteiger partial charge in [0.1, 0.15) is 5.82 Å². The molecule has 0 saturated heterocycles. The van der Waals surface area contributed by atoms with Crippen LogP contribution in [0.4, 0.5) is 5.82 Å². The van der Waals surface area contributed by atoms with E-state index in [2.05, 4.69) is 29.8 Å². The average molecular weight is 274 g/mol. The van der Waals surface area contributed by atoms with Crippen LogP contribution in [-0.4, -0.2) is 36.4 Å². The van der Waals surface area contributed by atoms with Crippen molar-refractivity contribution in [2.75, 3.05) is 25.2 Å². The van der Waals surface area contributed by atoms with Crippen molar-refractivity contribution in [3.05, 3.63) is 36.0 Å². The van der Waals surface area contributed by atoms with E-state index >= 15 is 0 Å². The lowest BCUT2D eigenvalue weighted by atomic mass is 10.1. The second kappa shape index (κ2) is 6.68. The van der Waals surface area contributed by atoms with E-state index in [4.69, 9.17) is 4.74 Å². The van der Waals surface area contributed by atoms with Gasteiger partial charge in [-0.3, -0.25) is 0 Å². The molecule has 4 heteroatoms. The molecule has 0 amide bonds. The van der Waals surface area contributed by atoms with E-state index in [0.717, 1.165) is 28.7 Å². The maximum absolute atomic E-state index is 9.44. The van der Waals surface area contributed by atoms with Gasteiger partial charge in [-0.05, 0) is 19.2 Å². The van der Waals surface area contributed by atoms with Crippen molar-refractivity contribution in [3.63, 3.8) is 0 Å². The first-order valence-corrected chi connectivity index (χ1v) is 6.96. The van der Waals surface area contributed by atoms with E-state index in [-0.39, 0.29) is 12.6 Å². The van der Waals surface area contributed by atoms with Gasteiger partial charge in [0.25, 0.3) is 0 Å². The minimum absolute atomic E-state index is 0.00748. The Morgan fingerprint density at radius 2 is 2.00 bits per heavy atom. The molecule has 1 aromatic carbocycles. The van der Waals surface area contributed by atoms with Crippen molar-refractivity contribution in [3.8, 4) is 0 Å². The summed E-state index contributed by atoms with van der Waals surface area (Å²) in [6, 6.07) is 8.32. The number of aliphatic hydroxyl groups is 1. The summed E-state index contributed by atoms with van der Waals surface area (Å²) in [5.74, 6) is 0.949. The number of methoxy groups -OCH3 is 1. The highest BCUT2D eigenvalue weighted by Crippen LogP contribution is 2.28. The molecule has 0 radical (unpaired) electrons. The molecule has 1 atom stereocenters. The van der Waals surface area contributed by atoms with Crippen LogP contribution in [0.25, 0.3) is 10.8 Å². The zero-order chi connectivity index (χ0) is 14.5. The summed E-state index contributed by atoms with van der Waals surface area (Å²) in [5, 5.41) is 11.6. The quantitative estimate of drug-likeness (QED) is 0.879. The number of pyridine rings is 1. The summed E-state index contributed by atoms with van der Waals surface area (Å²) in [5.41, 5.74) is 0.861. The van der Waals surface area contributed by atoms with Crippen molar-refractivity contribution in [1.29, 1.82) is 0 Å². The number of anilines is 1. The van der Waals surface area contributed by atoms with Crippen LogP contribution in [0, 0.1) is 0 Å². The fraction of sp³-hybridized carbons (Fsp3) is 0.438. The molecule has 0 aliphatic rings. The van der Waals surface area contributed by atoms with Crippen molar-refractivity contribution in [2.45, 2.75) is 26.5 Å². The number of aromatic nitrogens is 1. The predicted molar refractivity (Wildman–Crippen MR) is 82.0 cm³/mol. The maximum Gasteiger partial charge on any atom is 0.136 e. The lowest BCUT2D eigenvalue weighted by molar-refractivity contribution is 0.182. The largest absolute Gasteiger partial charge is 0.392 e. The first-order chi connectivity index (χ1) is 9.72. The van der Waals surface area contributed by atoms with E-state index in [9.17, 15) is 5.11 Å². The fourth-order valence-corrected chi connectivity index (χ4v) is 2.59. The number of benzene rings is 1. The Balaban J connectivity index is 2.53. The highest BCUT2D eigenvalue weighted by molar-refractivity contribution is 5.94. The number of rotatable bonds is 6. The zero-order valence-electron chi connectivity index (χ0n) is 12.3. The molecule has 0 saturated carbocycles. The summed E-state index contributed by atoms with van der Waals surface area (Å²) in [4.78, 5) is 6.79. The van der Waals surface area contributed by atoms with Gasteiger partial charge < -0.3 is 14.7 Å². The Bertz CT molecular complexity index is 571. The molecule has 0 spiro atoms. The third kappa shape index (κ3) is 2.76. The zero-order valence-corrected chi connectivity index (χ0v) is 12.3. The molecule has 0 aliphatic heterocycles. The van der Waals surface area contributed by atoms with Crippen LogP contribution in [0.5, 0.6) is 0 Å². The molecule has 4 nitrogen and oxygen atoms in total. The highest BCUT2D eigenvalue weighted by Gasteiger charge is 2.17. The van der Waals surface area contributed by atoms with Crippen molar-refractivity contribution >= 4 is 16.6 Å². The van der Waals surface area contributed by atoms with Crippen LogP contribution in [-0.2, 0) is 11.3 Å². The fourth-order valence-electron chi connectivity index (χ4n) is 2.59. The summed E-state index contributed by atoms with van der Waals surface area (Å²) in [6.45, 7) is 5.77. The Morgan fingerprint density at radius 1 is 1.30 bits per heavy atom. The maximum atomic E-state index is 9.44. The van der Waals surface area contributed by atoms with E-state index in [1.807, 2.05) is 18.2 Å². The molecule has 108 valence electrons. The van der Waals surface area contributed by atoms with Crippen molar-refractivity contribution in [2.24, 2.45) is 0 Å². The van der Waals surface area contributed by atoms with Crippen LogP contribution in [0.1, 0.15) is 19.4 Å². The number of likely N-dealkylation sites (N-methyl/N-ethyl adjacent to an activating group) is 1. The molecule has 1 unspecified atom stereocenters. The first-order valence-electron chi connectivity index (χ1n) is 6.96. The van der Waals surface area contributed by atoms with Crippen LogP contribution in [0.3, 0.4) is 0 Å². The van der Waals surface area contributed by atoms with Crippen molar-refractivity contribution in [1.82, 2.24) is 4.98 Å². The minimum Gasteiger partial charge on any atom is -0.392 e. The third-order valence-corrected chi connectivity index (χ3v) is 3.58. The number of aliphatic hydroxyl groups excluding tert-OH is 1. The van der Waals surface area contributed by atoms with E-state index < -0.39 is 0 Å². The van der Waals surface area contributed by atoms with Crippen molar-refractivity contribution < 1.29 is 9.84 Å². The molecule has 20 heavy (non-hydrogen) atoms. The first kappa shape index (κ1) is 14.8. The lowest BCUT2D eigenvalue weighted by Gasteiger charge is -2.30. The van der Waals surface area contributed by atoms with Gasteiger partial charge in [0.15, 0.2) is 0 Å². The van der Waals surface area contributed by atoms with Crippen LogP contribution < -0.4 is 4.90 Å². The van der Waals surface area contributed by atoms with Crippen LogP contribution in [0.15, 0.2) is 30.5 Å². The molecular weight excluding hydrogens is 252 g/mol. The van der Waals surface area contributed by atoms with Gasteiger partial charge in [0, 0.05) is 30.8 Å². The number of hydrogen-bond donors (Lipinski definition) is 1. The standard InChI is InChI=1S/C16H22N2O2/c1-4-18(12(2)11-20-3)16-15-8-6-5-7-14(15)13(10-19)9-17-16/h5-9,12,19H,4,10-11H2,1-3H3. The number of ether oxygens (including phenoxy) is 1. The summed E-state index contributed by atoms with van der Waals surface area (Å²) in [6.07, 6.45) is 1.76. The molecule has 0 aliphatic carbocycles. The topological polar surface area (TPSA) is 45.6 Å². The van der Waals surface area contributed by atoms with E-state index in [0.29, 0.717) is 6.61 Å². The molecule has 1 aromatic heterocycles. The molecule has 0 fully saturated rings. The summed E-state index contributed by atoms with van der Waals surface area (Å²) in [7, 11) is 1.71. The predicted octanol–water partition coefficient (Wildman–Crippen LogP) is 2.59. The summed E-state index contributed by atoms with van der Waals surface area (Å²) >= 11 is 0. The average Bonchev–Trinajstić information content (AvgIpc) is 2.48. The molecule has 2 rings (SSSR count). The van der Waals surface area contributed by atoms with Gasteiger partial charge >= 0.3 is 0 Å². The second-order valence-electron chi connectivity index (χ2n) is 4.90. The van der Waals surface area contributed by atoms with E-state index in [1.54, 1.807) is 13.3 Å². The molecule has 0 bridgehead atoms. The van der Waals surface area contributed by atoms with E-state index in [1.165, 1.54) is 0 Å². The molecule has 1 N–H and O–H groups in total. The lowest BCUT2D eigenvalue weighted by Crippen LogP contribution is -2.36. The SMILES string of the molecule is CCN(c1ncc(CO)c2ccccc12)C(C)COC. The van der Waals surface area contributed by atoms with Gasteiger partial charge in [0.2, 0.25) is 0 Å². The second-order valence-corrected chi connectivity index (χ2v) is 4.90. The van der Waals surface area contributed by atoms with Gasteiger partial charge in [-0.15, -0.1) is 0 Å². The van der Waals surface area contributed by atoms with Gasteiger partial charge in [-0.2, -0.15) is 0 Å². The normalized spacial score (nSPS) is 12.6. The summed E-state index contributed by atoms with van der Waals surface area (Å²) < 4.78 is 5.26. The number of nitrogens with zero attached hydrogens (tertiary/aromatic N) is 2. The Labute approximate surface area is 120 Å². The molecular formula is C16H22N2O2. The Kier molecular flexibility index (Phi) is 4.93. The molecule has 2 aromatic rings.